The number of ether oxygens (including phenoxy) is 1. The second kappa shape index (κ2) is 13.0. The minimum absolute atomic E-state index is 0.653. The molecule has 0 fully saturated rings. The predicted octanol–water partition coefficient (Wildman–Crippen LogP) is 12.2. The number of nitrogens with zero attached hydrogens (tertiary/aromatic N) is 1. The molecule has 3 nitrogen and oxygen atoms in total. The molecule has 1 N–H and O–H groups in total. The first kappa shape index (κ1) is 30.0. The van der Waals surface area contributed by atoms with Gasteiger partial charge in [0.25, 0.3) is 0 Å². The first-order valence-corrected chi connectivity index (χ1v) is 16.5. The number of allylic oxidation sites excluding steroid dienone is 2. The van der Waals surface area contributed by atoms with E-state index in [1.807, 2.05) is 79.1 Å². The van der Waals surface area contributed by atoms with Crippen molar-refractivity contribution in [1.29, 1.82) is 0 Å². The van der Waals surface area contributed by atoms with Gasteiger partial charge >= 0.3 is 0 Å². The summed E-state index contributed by atoms with van der Waals surface area (Å²) in [7, 11) is 0. The van der Waals surface area contributed by atoms with Gasteiger partial charge in [0, 0.05) is 43.2 Å². The standard InChI is InChI=1S/C40H28N2OS.C3H6/c1-25-22-34-28(20-21-31-30-15-8-11-19-38(30)44-40(31)34)23-33(25)29-14-6-9-17-35(29)41-24-37-39(32-16-7-10-18-36(32)43-37)42-26(2)27-12-4-3-5-13-27;1-3-2/h3-24,41H,2H2,1H3;3H,1H2,2H3/b37-24-,42-39?;. The molecule has 0 radical (unpaired) electrons. The summed E-state index contributed by atoms with van der Waals surface area (Å²) in [5.74, 6) is 1.44. The highest BCUT2D eigenvalue weighted by Gasteiger charge is 2.25. The number of benzene rings is 6. The number of thiophene rings is 1. The maximum atomic E-state index is 6.30. The monoisotopic (exact) mass is 626 g/mol. The smallest absolute Gasteiger partial charge is 0.169 e. The zero-order chi connectivity index (χ0) is 32.3. The van der Waals surface area contributed by atoms with E-state index in [0.717, 1.165) is 33.8 Å². The highest BCUT2D eigenvalue weighted by atomic mass is 32.1. The Balaban J connectivity index is 0.00000113. The number of para-hydroxylation sites is 2. The van der Waals surface area contributed by atoms with Gasteiger partial charge in [-0.25, -0.2) is 4.99 Å². The zero-order valence-corrected chi connectivity index (χ0v) is 27.3. The summed E-state index contributed by atoms with van der Waals surface area (Å²) in [5, 5.41) is 8.74. The summed E-state index contributed by atoms with van der Waals surface area (Å²) in [6.45, 7) is 11.7. The third-order valence-electron chi connectivity index (χ3n) is 8.23. The average molecular weight is 627 g/mol. The van der Waals surface area contributed by atoms with Crippen molar-refractivity contribution in [3.63, 3.8) is 0 Å². The molecule has 6 aromatic carbocycles. The lowest BCUT2D eigenvalue weighted by atomic mass is 9.94. The van der Waals surface area contributed by atoms with Gasteiger partial charge in [-0.05, 0) is 77.7 Å². The highest BCUT2D eigenvalue weighted by molar-refractivity contribution is 7.26. The minimum atomic E-state index is 0.653. The Labute approximate surface area is 279 Å². The quantitative estimate of drug-likeness (QED) is 0.193. The van der Waals surface area contributed by atoms with Crippen molar-refractivity contribution in [2.24, 2.45) is 4.99 Å². The van der Waals surface area contributed by atoms with Crippen LogP contribution in [-0.4, -0.2) is 5.71 Å². The van der Waals surface area contributed by atoms with Gasteiger partial charge < -0.3 is 10.1 Å². The van der Waals surface area contributed by atoms with Crippen LogP contribution in [-0.2, 0) is 0 Å². The molecule has 228 valence electrons. The first-order valence-electron chi connectivity index (χ1n) is 15.6. The van der Waals surface area contributed by atoms with E-state index in [1.165, 1.54) is 42.1 Å². The van der Waals surface area contributed by atoms with Gasteiger partial charge in [-0.1, -0.05) is 104 Å². The van der Waals surface area contributed by atoms with Crippen molar-refractivity contribution in [3.05, 3.63) is 175 Å². The topological polar surface area (TPSA) is 33.6 Å². The van der Waals surface area contributed by atoms with Gasteiger partial charge in [0.1, 0.15) is 11.5 Å². The average Bonchev–Trinajstić information content (AvgIpc) is 3.66. The third kappa shape index (κ3) is 5.76. The Hall–Kier alpha value is -5.71. The van der Waals surface area contributed by atoms with E-state index in [2.05, 4.69) is 98.2 Å². The summed E-state index contributed by atoms with van der Waals surface area (Å²) in [4.78, 5) is 4.94. The molecule has 0 bridgehead atoms. The molecule has 1 aliphatic rings. The molecule has 0 spiro atoms. The van der Waals surface area contributed by atoms with Crippen LogP contribution in [0.15, 0.2) is 164 Å². The number of aliphatic imine (C=N–C) groups is 1. The number of anilines is 1. The van der Waals surface area contributed by atoms with E-state index >= 15 is 0 Å². The summed E-state index contributed by atoms with van der Waals surface area (Å²) in [5.41, 5.74) is 7.91. The maximum absolute atomic E-state index is 6.30. The van der Waals surface area contributed by atoms with Crippen molar-refractivity contribution in [2.45, 2.75) is 13.8 Å². The summed E-state index contributed by atoms with van der Waals surface area (Å²) >= 11 is 1.87. The SMILES string of the molecule is C=C(N=C1/C(=C/Nc2ccccc2-c2cc3ccc4c5ccccc5sc4c3cc2C)Oc2ccccc21)c1ccccc1.C=CC. The molecule has 0 unspecified atom stereocenters. The summed E-state index contributed by atoms with van der Waals surface area (Å²) in [6, 6.07) is 44.3. The van der Waals surface area contributed by atoms with E-state index in [1.54, 1.807) is 6.08 Å². The van der Waals surface area contributed by atoms with Crippen LogP contribution in [0.5, 0.6) is 5.75 Å². The van der Waals surface area contributed by atoms with Gasteiger partial charge in [0.05, 0.1) is 5.70 Å². The predicted molar refractivity (Wildman–Crippen MR) is 204 cm³/mol. The maximum Gasteiger partial charge on any atom is 0.169 e. The van der Waals surface area contributed by atoms with E-state index in [4.69, 9.17) is 9.73 Å². The number of aryl methyl sites for hydroxylation is 1. The fraction of sp³-hybridized carbons (Fsp3) is 0.0465. The van der Waals surface area contributed by atoms with Crippen molar-refractivity contribution < 1.29 is 4.74 Å². The summed E-state index contributed by atoms with van der Waals surface area (Å²) < 4.78 is 8.97. The molecular weight excluding hydrogens is 593 g/mol. The Morgan fingerprint density at radius 1 is 0.745 bits per heavy atom. The van der Waals surface area contributed by atoms with Gasteiger partial charge in [0.2, 0.25) is 0 Å². The number of hydrogen-bond donors (Lipinski definition) is 1. The van der Waals surface area contributed by atoms with Crippen LogP contribution in [0.3, 0.4) is 0 Å². The van der Waals surface area contributed by atoms with Crippen LogP contribution in [0, 0.1) is 6.92 Å². The van der Waals surface area contributed by atoms with Crippen molar-refractivity contribution in [3.8, 4) is 16.9 Å². The number of fused-ring (bicyclic) bond motifs is 6. The normalized spacial score (nSPS) is 13.7. The van der Waals surface area contributed by atoms with Crippen LogP contribution in [0.4, 0.5) is 5.69 Å². The number of rotatable bonds is 5. The van der Waals surface area contributed by atoms with Crippen molar-refractivity contribution >= 4 is 59.4 Å². The Morgan fingerprint density at radius 2 is 1.45 bits per heavy atom. The van der Waals surface area contributed by atoms with Gasteiger partial charge in [0.15, 0.2) is 5.76 Å². The van der Waals surface area contributed by atoms with E-state index < -0.39 is 0 Å². The second-order valence-corrected chi connectivity index (χ2v) is 12.5. The Bertz CT molecular complexity index is 2360. The molecule has 1 aliphatic heterocycles. The van der Waals surface area contributed by atoms with E-state index in [0.29, 0.717) is 11.5 Å². The summed E-state index contributed by atoms with van der Waals surface area (Å²) in [6.07, 6.45) is 3.66. The molecule has 2 heterocycles. The molecule has 0 saturated carbocycles. The highest BCUT2D eigenvalue weighted by Crippen LogP contribution is 2.41. The Kier molecular flexibility index (Phi) is 8.26. The lowest BCUT2D eigenvalue weighted by Gasteiger charge is -2.14. The second-order valence-electron chi connectivity index (χ2n) is 11.4. The number of hydrogen-bond acceptors (Lipinski definition) is 4. The van der Waals surface area contributed by atoms with Gasteiger partial charge in [-0.15, -0.1) is 17.9 Å². The molecule has 4 heteroatoms. The van der Waals surface area contributed by atoms with Crippen LogP contribution in [0.1, 0.15) is 23.6 Å². The van der Waals surface area contributed by atoms with Gasteiger partial charge in [-0.2, -0.15) is 0 Å². The van der Waals surface area contributed by atoms with Crippen LogP contribution in [0.2, 0.25) is 0 Å². The van der Waals surface area contributed by atoms with E-state index in [-0.39, 0.29) is 0 Å². The third-order valence-corrected chi connectivity index (χ3v) is 9.45. The van der Waals surface area contributed by atoms with Crippen molar-refractivity contribution in [1.82, 2.24) is 0 Å². The van der Waals surface area contributed by atoms with Gasteiger partial charge in [-0.3, -0.25) is 0 Å². The number of nitrogens with one attached hydrogen (secondary N) is 1. The fourth-order valence-electron chi connectivity index (χ4n) is 6.03. The van der Waals surface area contributed by atoms with E-state index in [9.17, 15) is 0 Å². The van der Waals surface area contributed by atoms with Crippen LogP contribution in [0.25, 0.3) is 47.8 Å². The molecule has 47 heavy (non-hydrogen) atoms. The molecule has 0 amide bonds. The lowest BCUT2D eigenvalue weighted by molar-refractivity contribution is 0.468. The fourth-order valence-corrected chi connectivity index (χ4v) is 7.26. The molecule has 1 aromatic heterocycles. The van der Waals surface area contributed by atoms with Crippen LogP contribution < -0.4 is 10.1 Å². The molecule has 0 aliphatic carbocycles. The largest absolute Gasteiger partial charge is 0.453 e. The van der Waals surface area contributed by atoms with Crippen LogP contribution >= 0.6 is 11.3 Å². The first-order chi connectivity index (χ1) is 23.1. The zero-order valence-electron chi connectivity index (χ0n) is 26.5. The lowest BCUT2D eigenvalue weighted by Crippen LogP contribution is -2.05. The molecular formula is C43H34N2OS. The minimum Gasteiger partial charge on any atom is -0.453 e. The molecule has 0 atom stereocenters. The molecule has 8 rings (SSSR count). The molecule has 0 saturated heterocycles. The van der Waals surface area contributed by atoms with Crippen molar-refractivity contribution in [2.75, 3.05) is 5.32 Å². The Morgan fingerprint density at radius 3 is 2.28 bits per heavy atom. The molecule has 7 aromatic rings.